The van der Waals surface area contributed by atoms with Gasteiger partial charge in [0, 0.05) is 9.35 Å². The molecule has 1 atom stereocenters. The van der Waals surface area contributed by atoms with Crippen LogP contribution < -0.4 is 5.32 Å². The molecule has 1 unspecified atom stereocenters. The van der Waals surface area contributed by atoms with Crippen LogP contribution in [0.3, 0.4) is 0 Å². The molecule has 84 valence electrons. The summed E-state index contributed by atoms with van der Waals surface area (Å²) < 4.78 is 2.25. The summed E-state index contributed by atoms with van der Waals surface area (Å²) in [6.07, 6.45) is 0. The maximum absolute atomic E-state index is 3.53. The van der Waals surface area contributed by atoms with Crippen molar-refractivity contribution in [1.82, 2.24) is 5.32 Å². The fourth-order valence-corrected chi connectivity index (χ4v) is 3.85. The predicted molar refractivity (Wildman–Crippen MR) is 77.1 cm³/mol. The van der Waals surface area contributed by atoms with E-state index >= 15 is 0 Å². The van der Waals surface area contributed by atoms with Crippen molar-refractivity contribution in [2.24, 2.45) is 0 Å². The van der Waals surface area contributed by atoms with E-state index in [4.69, 9.17) is 0 Å². The highest BCUT2D eigenvalue weighted by molar-refractivity contribution is 9.13. The van der Waals surface area contributed by atoms with Gasteiger partial charge < -0.3 is 5.32 Å². The van der Waals surface area contributed by atoms with E-state index in [0.29, 0.717) is 0 Å². The summed E-state index contributed by atoms with van der Waals surface area (Å²) in [5, 5.41) is 3.34. The van der Waals surface area contributed by atoms with Crippen LogP contribution >= 0.6 is 43.2 Å². The van der Waals surface area contributed by atoms with Crippen molar-refractivity contribution in [3.8, 4) is 0 Å². The number of hydrogen-bond donors (Lipinski definition) is 1. The summed E-state index contributed by atoms with van der Waals surface area (Å²) in [6, 6.07) is 12.9. The topological polar surface area (TPSA) is 12.0 Å². The molecule has 4 heteroatoms. The molecule has 1 N–H and O–H groups in total. The fourth-order valence-electron chi connectivity index (χ4n) is 1.62. The van der Waals surface area contributed by atoms with Crippen LogP contribution in [0.5, 0.6) is 0 Å². The van der Waals surface area contributed by atoms with E-state index in [2.05, 4.69) is 67.5 Å². The van der Waals surface area contributed by atoms with E-state index in [0.717, 1.165) is 8.26 Å². The maximum atomic E-state index is 3.53. The van der Waals surface area contributed by atoms with Crippen molar-refractivity contribution in [1.29, 1.82) is 0 Å². The molecule has 0 spiro atoms. The molecule has 2 aromatic rings. The zero-order valence-corrected chi connectivity index (χ0v) is 12.7. The van der Waals surface area contributed by atoms with Crippen LogP contribution in [-0.4, -0.2) is 7.05 Å². The largest absolute Gasteiger partial charge is 0.309 e. The second-order valence-electron chi connectivity index (χ2n) is 3.40. The average molecular weight is 361 g/mol. The minimum Gasteiger partial charge on any atom is -0.309 e. The molecule has 16 heavy (non-hydrogen) atoms. The second kappa shape index (κ2) is 5.45. The van der Waals surface area contributed by atoms with E-state index in [9.17, 15) is 0 Å². The number of rotatable bonds is 3. The van der Waals surface area contributed by atoms with Gasteiger partial charge in [-0.2, -0.15) is 0 Å². The molecule has 0 aliphatic heterocycles. The third kappa shape index (κ3) is 2.56. The minimum atomic E-state index is 0.258. The maximum Gasteiger partial charge on any atom is 0.0843 e. The lowest BCUT2D eigenvalue weighted by atomic mass is 10.1. The van der Waals surface area contributed by atoms with Gasteiger partial charge in [0.15, 0.2) is 0 Å². The molecule has 1 heterocycles. The van der Waals surface area contributed by atoms with Gasteiger partial charge in [-0.25, -0.2) is 0 Å². The summed E-state index contributed by atoms with van der Waals surface area (Å²) in [5.74, 6) is 0. The normalized spacial score (nSPS) is 12.7. The number of nitrogens with one attached hydrogen (secondary N) is 1. The van der Waals surface area contributed by atoms with Crippen LogP contribution in [0.2, 0.25) is 0 Å². The first-order valence-corrected chi connectivity index (χ1v) is 7.29. The van der Waals surface area contributed by atoms with Crippen molar-refractivity contribution in [3.63, 3.8) is 0 Å². The molecular weight excluding hydrogens is 350 g/mol. The van der Waals surface area contributed by atoms with E-state index in [1.165, 1.54) is 10.4 Å². The fraction of sp³-hybridized carbons (Fsp3) is 0.167. The number of halogens is 2. The van der Waals surface area contributed by atoms with Crippen LogP contribution in [-0.2, 0) is 0 Å². The lowest BCUT2D eigenvalue weighted by molar-refractivity contribution is 0.704. The Kier molecular flexibility index (Phi) is 4.19. The van der Waals surface area contributed by atoms with Gasteiger partial charge >= 0.3 is 0 Å². The van der Waals surface area contributed by atoms with Gasteiger partial charge in [0.1, 0.15) is 0 Å². The van der Waals surface area contributed by atoms with E-state index in [1.807, 2.05) is 13.1 Å². The van der Waals surface area contributed by atoms with Crippen LogP contribution in [0.15, 0.2) is 44.7 Å². The van der Waals surface area contributed by atoms with E-state index < -0.39 is 0 Å². The zero-order valence-electron chi connectivity index (χ0n) is 8.71. The number of benzene rings is 1. The molecule has 1 aromatic heterocycles. The van der Waals surface area contributed by atoms with Gasteiger partial charge in [-0.1, -0.05) is 30.3 Å². The minimum absolute atomic E-state index is 0.258. The number of thiophene rings is 1. The molecule has 0 aliphatic rings. The summed E-state index contributed by atoms with van der Waals surface area (Å²) in [4.78, 5) is 1.30. The van der Waals surface area contributed by atoms with Crippen molar-refractivity contribution in [2.45, 2.75) is 6.04 Å². The van der Waals surface area contributed by atoms with Crippen molar-refractivity contribution < 1.29 is 0 Å². The zero-order chi connectivity index (χ0) is 11.5. The van der Waals surface area contributed by atoms with E-state index in [-0.39, 0.29) is 6.04 Å². The smallest absolute Gasteiger partial charge is 0.0843 e. The first-order valence-electron chi connectivity index (χ1n) is 4.89. The molecule has 1 nitrogen and oxygen atoms in total. The Hall–Kier alpha value is -0.160. The van der Waals surface area contributed by atoms with Gasteiger partial charge in [-0.05, 0) is 50.5 Å². The third-order valence-electron chi connectivity index (χ3n) is 2.37. The summed E-state index contributed by atoms with van der Waals surface area (Å²) >= 11 is 8.80. The first kappa shape index (κ1) is 12.3. The van der Waals surface area contributed by atoms with Crippen molar-refractivity contribution in [3.05, 3.63) is 55.1 Å². The summed E-state index contributed by atoms with van der Waals surface area (Å²) in [5.41, 5.74) is 1.28. The van der Waals surface area contributed by atoms with Gasteiger partial charge in [-0.3, -0.25) is 0 Å². The standard InChI is InChI=1S/C12H11Br2NS/c1-15-11(8-5-3-2-4-6-8)10-7-9(13)12(14)16-10/h2-7,11,15H,1H3. The van der Waals surface area contributed by atoms with Crippen molar-refractivity contribution >= 4 is 43.2 Å². The Labute approximate surface area is 116 Å². The Morgan fingerprint density at radius 3 is 2.38 bits per heavy atom. The summed E-state index contributed by atoms with van der Waals surface area (Å²) in [6.45, 7) is 0. The molecule has 0 saturated carbocycles. The van der Waals surface area contributed by atoms with E-state index in [1.54, 1.807) is 11.3 Å². The first-order chi connectivity index (χ1) is 7.72. The van der Waals surface area contributed by atoms with Gasteiger partial charge in [-0.15, -0.1) is 11.3 Å². The molecule has 0 radical (unpaired) electrons. The van der Waals surface area contributed by atoms with Gasteiger partial charge in [0.05, 0.1) is 9.83 Å². The molecule has 1 aromatic carbocycles. The molecule has 0 amide bonds. The van der Waals surface area contributed by atoms with Crippen molar-refractivity contribution in [2.75, 3.05) is 7.05 Å². The third-order valence-corrected chi connectivity index (χ3v) is 5.69. The van der Waals surface area contributed by atoms with Gasteiger partial charge in [0.25, 0.3) is 0 Å². The quantitative estimate of drug-likeness (QED) is 0.844. The Morgan fingerprint density at radius 2 is 1.88 bits per heavy atom. The highest BCUT2D eigenvalue weighted by Gasteiger charge is 2.15. The summed E-state index contributed by atoms with van der Waals surface area (Å²) in [7, 11) is 1.99. The van der Waals surface area contributed by atoms with Gasteiger partial charge in [0.2, 0.25) is 0 Å². The predicted octanol–water partition coefficient (Wildman–Crippen LogP) is 4.58. The monoisotopic (exact) mass is 359 g/mol. The molecule has 2 rings (SSSR count). The number of hydrogen-bond acceptors (Lipinski definition) is 2. The average Bonchev–Trinajstić information content (AvgIpc) is 2.61. The second-order valence-corrected chi connectivity index (χ2v) is 6.66. The SMILES string of the molecule is CNC(c1ccccc1)c1cc(Br)c(Br)s1. The van der Waals surface area contributed by atoms with Crippen LogP contribution in [0.25, 0.3) is 0 Å². The highest BCUT2D eigenvalue weighted by atomic mass is 79.9. The molecule has 0 fully saturated rings. The lowest BCUT2D eigenvalue weighted by Crippen LogP contribution is -2.16. The highest BCUT2D eigenvalue weighted by Crippen LogP contribution is 2.37. The Bertz CT molecular complexity index is 448. The van der Waals surface area contributed by atoms with Crippen LogP contribution in [0.4, 0.5) is 0 Å². The Morgan fingerprint density at radius 1 is 1.19 bits per heavy atom. The molecule has 0 aliphatic carbocycles. The molecule has 0 saturated heterocycles. The van der Waals surface area contributed by atoms with Crippen LogP contribution in [0, 0.1) is 0 Å². The molecule has 0 bridgehead atoms. The Balaban J connectivity index is 2.37. The van der Waals surface area contributed by atoms with Crippen LogP contribution in [0.1, 0.15) is 16.5 Å². The lowest BCUT2D eigenvalue weighted by Gasteiger charge is -2.14. The molecular formula is C12H11Br2NS.